The number of piperazine rings is 1. The summed E-state index contributed by atoms with van der Waals surface area (Å²) in [6.07, 6.45) is 0. The van der Waals surface area contributed by atoms with Crippen molar-refractivity contribution < 1.29 is 4.42 Å². The van der Waals surface area contributed by atoms with Crippen molar-refractivity contribution in [2.24, 2.45) is 0 Å². The van der Waals surface area contributed by atoms with Gasteiger partial charge in [-0.2, -0.15) is 0 Å². The second kappa shape index (κ2) is 7.25. The van der Waals surface area contributed by atoms with Crippen LogP contribution in [-0.2, 0) is 13.1 Å². The summed E-state index contributed by atoms with van der Waals surface area (Å²) < 4.78 is 6.00. The molecule has 0 radical (unpaired) electrons. The van der Waals surface area contributed by atoms with Crippen molar-refractivity contribution in [2.45, 2.75) is 46.8 Å². The van der Waals surface area contributed by atoms with E-state index in [4.69, 9.17) is 4.42 Å². The van der Waals surface area contributed by atoms with Gasteiger partial charge in [0, 0.05) is 32.2 Å². The van der Waals surface area contributed by atoms with Crippen LogP contribution in [0.5, 0.6) is 0 Å². The van der Waals surface area contributed by atoms with Gasteiger partial charge in [-0.25, -0.2) is 0 Å². The Kier molecular flexibility index (Phi) is 5.64. The number of aryl methyl sites for hydroxylation is 1. The summed E-state index contributed by atoms with van der Waals surface area (Å²) in [6.45, 7) is 16.3. The van der Waals surface area contributed by atoms with Gasteiger partial charge in [0.05, 0.1) is 13.1 Å². The maximum atomic E-state index is 6.00. The predicted octanol–water partition coefficient (Wildman–Crippen LogP) is 2.22. The Balaban J connectivity index is 1.86. The highest BCUT2D eigenvalue weighted by atomic mass is 16.3. The molecule has 1 aromatic heterocycles. The quantitative estimate of drug-likeness (QED) is 0.865. The van der Waals surface area contributed by atoms with Gasteiger partial charge in [-0.1, -0.05) is 20.8 Å². The van der Waals surface area contributed by atoms with Gasteiger partial charge >= 0.3 is 0 Å². The summed E-state index contributed by atoms with van der Waals surface area (Å²) in [5, 5.41) is 3.42. The van der Waals surface area contributed by atoms with E-state index < -0.39 is 0 Å². The molecule has 0 unspecified atom stereocenters. The Bertz CT molecular complexity index is 406. The Morgan fingerprint density at radius 2 is 1.85 bits per heavy atom. The maximum absolute atomic E-state index is 6.00. The minimum absolute atomic E-state index is 0.491. The number of nitrogens with zero attached hydrogens (tertiary/aromatic N) is 2. The van der Waals surface area contributed by atoms with Crippen molar-refractivity contribution in [1.82, 2.24) is 15.1 Å². The Morgan fingerprint density at radius 1 is 1.20 bits per heavy atom. The molecule has 2 heterocycles. The minimum atomic E-state index is 0.491. The molecule has 4 heteroatoms. The normalized spacial score (nSPS) is 18.1. The first-order valence-electron chi connectivity index (χ1n) is 7.84. The SMILES string of the molecule is CCN1CCN(Cc2cc(C)c(CNC(C)C)o2)CC1. The first kappa shape index (κ1) is 15.5. The average molecular weight is 279 g/mol. The fraction of sp³-hybridized carbons (Fsp3) is 0.750. The van der Waals surface area contributed by atoms with Crippen molar-refractivity contribution >= 4 is 0 Å². The van der Waals surface area contributed by atoms with Crippen LogP contribution in [0.25, 0.3) is 0 Å². The molecule has 0 spiro atoms. The largest absolute Gasteiger partial charge is 0.463 e. The molecule has 1 N–H and O–H groups in total. The molecular formula is C16H29N3O. The van der Waals surface area contributed by atoms with Gasteiger partial charge in [0.25, 0.3) is 0 Å². The monoisotopic (exact) mass is 279 g/mol. The topological polar surface area (TPSA) is 31.6 Å². The molecular weight excluding hydrogens is 250 g/mol. The molecule has 4 nitrogen and oxygen atoms in total. The van der Waals surface area contributed by atoms with Crippen molar-refractivity contribution in [1.29, 1.82) is 0 Å². The summed E-state index contributed by atoms with van der Waals surface area (Å²) in [6, 6.07) is 2.69. The molecule has 0 aromatic carbocycles. The van der Waals surface area contributed by atoms with Gasteiger partial charge < -0.3 is 14.6 Å². The molecule has 2 rings (SSSR count). The third-order valence-corrected chi connectivity index (χ3v) is 4.03. The third kappa shape index (κ3) is 4.33. The Hall–Kier alpha value is -0.840. The first-order valence-corrected chi connectivity index (χ1v) is 7.84. The van der Waals surface area contributed by atoms with Gasteiger partial charge in [-0.3, -0.25) is 4.90 Å². The minimum Gasteiger partial charge on any atom is -0.463 e. The second-order valence-electron chi connectivity index (χ2n) is 6.06. The highest BCUT2D eigenvalue weighted by Gasteiger charge is 2.17. The molecule has 0 amide bonds. The van der Waals surface area contributed by atoms with E-state index in [9.17, 15) is 0 Å². The summed E-state index contributed by atoms with van der Waals surface area (Å²) in [5.74, 6) is 2.19. The lowest BCUT2D eigenvalue weighted by Crippen LogP contribution is -2.45. The van der Waals surface area contributed by atoms with Crippen LogP contribution in [0.1, 0.15) is 37.9 Å². The van der Waals surface area contributed by atoms with E-state index in [1.807, 2.05) is 0 Å². The van der Waals surface area contributed by atoms with Crippen molar-refractivity contribution in [3.8, 4) is 0 Å². The lowest BCUT2D eigenvalue weighted by Gasteiger charge is -2.33. The van der Waals surface area contributed by atoms with Crippen LogP contribution in [0.2, 0.25) is 0 Å². The summed E-state index contributed by atoms with van der Waals surface area (Å²) in [7, 11) is 0. The first-order chi connectivity index (χ1) is 9.58. The van der Waals surface area contributed by atoms with Crippen molar-refractivity contribution in [2.75, 3.05) is 32.7 Å². The summed E-state index contributed by atoms with van der Waals surface area (Å²) >= 11 is 0. The van der Waals surface area contributed by atoms with Crippen LogP contribution in [0.4, 0.5) is 0 Å². The van der Waals surface area contributed by atoms with Gasteiger partial charge in [0.15, 0.2) is 0 Å². The van der Waals surface area contributed by atoms with E-state index >= 15 is 0 Å². The zero-order valence-corrected chi connectivity index (χ0v) is 13.4. The van der Waals surface area contributed by atoms with Gasteiger partial charge in [0.1, 0.15) is 11.5 Å². The van der Waals surface area contributed by atoms with E-state index in [2.05, 4.69) is 48.9 Å². The Morgan fingerprint density at radius 3 is 2.45 bits per heavy atom. The predicted molar refractivity (Wildman–Crippen MR) is 82.8 cm³/mol. The lowest BCUT2D eigenvalue weighted by atomic mass is 10.2. The van der Waals surface area contributed by atoms with Crippen LogP contribution in [0.3, 0.4) is 0 Å². The number of likely N-dealkylation sites (N-methyl/N-ethyl adjacent to an activating group) is 1. The van der Waals surface area contributed by atoms with Crippen molar-refractivity contribution in [3.63, 3.8) is 0 Å². The number of nitrogens with one attached hydrogen (secondary N) is 1. The smallest absolute Gasteiger partial charge is 0.120 e. The summed E-state index contributed by atoms with van der Waals surface area (Å²) in [5.41, 5.74) is 1.26. The van der Waals surface area contributed by atoms with E-state index in [-0.39, 0.29) is 0 Å². The average Bonchev–Trinajstić information content (AvgIpc) is 2.77. The zero-order chi connectivity index (χ0) is 14.5. The lowest BCUT2D eigenvalue weighted by molar-refractivity contribution is 0.125. The molecule has 0 bridgehead atoms. The van der Waals surface area contributed by atoms with Gasteiger partial charge in [-0.05, 0) is 25.1 Å². The van der Waals surface area contributed by atoms with E-state index in [0.717, 1.165) is 37.7 Å². The van der Waals surface area contributed by atoms with Gasteiger partial charge in [0.2, 0.25) is 0 Å². The second-order valence-corrected chi connectivity index (χ2v) is 6.06. The van der Waals surface area contributed by atoms with Crippen LogP contribution in [0.15, 0.2) is 10.5 Å². The van der Waals surface area contributed by atoms with Crippen LogP contribution < -0.4 is 5.32 Å². The molecule has 20 heavy (non-hydrogen) atoms. The molecule has 1 aliphatic rings. The molecule has 114 valence electrons. The molecule has 0 saturated carbocycles. The molecule has 1 aliphatic heterocycles. The third-order valence-electron chi connectivity index (χ3n) is 4.03. The number of furan rings is 1. The van der Waals surface area contributed by atoms with Crippen LogP contribution in [0, 0.1) is 6.92 Å². The van der Waals surface area contributed by atoms with Gasteiger partial charge in [-0.15, -0.1) is 0 Å². The highest BCUT2D eigenvalue weighted by Crippen LogP contribution is 2.17. The number of hydrogen-bond donors (Lipinski definition) is 1. The molecule has 0 atom stereocenters. The van der Waals surface area contributed by atoms with E-state index in [1.54, 1.807) is 0 Å². The standard InChI is InChI=1S/C16H29N3O/c1-5-18-6-8-19(9-7-18)12-15-10-14(4)16(20-15)11-17-13(2)3/h10,13,17H,5-9,11-12H2,1-4H3. The van der Waals surface area contributed by atoms with E-state index in [1.165, 1.54) is 25.2 Å². The van der Waals surface area contributed by atoms with Crippen molar-refractivity contribution in [3.05, 3.63) is 23.2 Å². The Labute approximate surface area is 123 Å². The van der Waals surface area contributed by atoms with E-state index in [0.29, 0.717) is 6.04 Å². The number of hydrogen-bond acceptors (Lipinski definition) is 4. The van der Waals surface area contributed by atoms with Crippen LogP contribution in [-0.4, -0.2) is 48.6 Å². The summed E-state index contributed by atoms with van der Waals surface area (Å²) in [4.78, 5) is 4.99. The fourth-order valence-corrected chi connectivity index (χ4v) is 2.62. The molecule has 1 saturated heterocycles. The highest BCUT2D eigenvalue weighted by molar-refractivity contribution is 5.20. The number of rotatable bonds is 6. The molecule has 1 aromatic rings. The maximum Gasteiger partial charge on any atom is 0.120 e. The fourth-order valence-electron chi connectivity index (χ4n) is 2.62. The van der Waals surface area contributed by atoms with Crippen LogP contribution >= 0.6 is 0 Å². The molecule has 1 fully saturated rings. The molecule has 0 aliphatic carbocycles. The zero-order valence-electron chi connectivity index (χ0n) is 13.4.